The fraction of sp³-hybridized carbons (Fsp3) is 0.111. The minimum atomic E-state index is 0.940. The summed E-state index contributed by atoms with van der Waals surface area (Å²) in [7, 11) is 0. The van der Waals surface area contributed by atoms with Crippen molar-refractivity contribution in [3.8, 4) is 0 Å². The van der Waals surface area contributed by atoms with Gasteiger partial charge in [-0.2, -0.15) is 0 Å². The normalized spacial score (nSPS) is 10.5. The van der Waals surface area contributed by atoms with Crippen LogP contribution >= 0.6 is 0 Å². The molecule has 19 heavy (non-hydrogen) atoms. The first-order valence-electron chi connectivity index (χ1n) is 6.64. The van der Waals surface area contributed by atoms with Crippen LogP contribution in [0.2, 0.25) is 0 Å². The first-order chi connectivity index (χ1) is 9.42. The molecule has 2 aromatic carbocycles. The van der Waals surface area contributed by atoms with Crippen LogP contribution in [0, 0.1) is 0 Å². The highest BCUT2D eigenvalue weighted by Crippen LogP contribution is 2.12. The molecular weight excluding hydrogens is 230 g/mol. The number of hydrogen-bond donors (Lipinski definition) is 0. The second-order valence-electron chi connectivity index (χ2n) is 4.78. The molecular formula is C18H17N. The van der Waals surface area contributed by atoms with Crippen molar-refractivity contribution in [1.82, 2.24) is 4.57 Å². The standard InChI is InChI=1S/C18H17N/c1-3-8-16(9-4-1)14-18-12-7-13-19(18)15-17-10-5-2-6-11-17/h1-13H,14-15H2. The smallest absolute Gasteiger partial charge is 0.0472 e. The molecule has 94 valence electrons. The Kier molecular flexibility index (Phi) is 3.46. The number of aromatic nitrogens is 1. The van der Waals surface area contributed by atoms with E-state index in [4.69, 9.17) is 0 Å². The Morgan fingerprint density at radius 2 is 1.26 bits per heavy atom. The summed E-state index contributed by atoms with van der Waals surface area (Å²) in [5, 5.41) is 0. The average molecular weight is 247 g/mol. The molecule has 0 bridgehead atoms. The Labute approximate surface area is 114 Å². The Bertz CT molecular complexity index is 567. The second-order valence-corrected chi connectivity index (χ2v) is 4.78. The molecule has 1 aromatic heterocycles. The summed E-state index contributed by atoms with van der Waals surface area (Å²) in [4.78, 5) is 0. The lowest BCUT2D eigenvalue weighted by atomic mass is 10.1. The lowest BCUT2D eigenvalue weighted by molar-refractivity contribution is 0.758. The van der Waals surface area contributed by atoms with Crippen molar-refractivity contribution in [1.29, 1.82) is 0 Å². The third-order valence-corrected chi connectivity index (χ3v) is 3.35. The molecule has 0 unspecified atom stereocenters. The van der Waals surface area contributed by atoms with Crippen LogP contribution in [0.3, 0.4) is 0 Å². The molecule has 0 spiro atoms. The number of rotatable bonds is 4. The van der Waals surface area contributed by atoms with Crippen LogP contribution in [0.5, 0.6) is 0 Å². The van der Waals surface area contributed by atoms with Crippen LogP contribution in [0.1, 0.15) is 16.8 Å². The maximum atomic E-state index is 2.32. The third-order valence-electron chi connectivity index (χ3n) is 3.35. The van der Waals surface area contributed by atoms with E-state index in [1.165, 1.54) is 16.8 Å². The molecule has 1 heteroatoms. The summed E-state index contributed by atoms with van der Waals surface area (Å²) >= 11 is 0. The molecule has 0 aliphatic carbocycles. The molecule has 3 aromatic rings. The van der Waals surface area contributed by atoms with Gasteiger partial charge in [0, 0.05) is 24.9 Å². The summed E-state index contributed by atoms with van der Waals surface area (Å²) in [5.41, 5.74) is 4.05. The van der Waals surface area contributed by atoms with Crippen molar-refractivity contribution in [2.75, 3.05) is 0 Å². The van der Waals surface area contributed by atoms with Crippen molar-refractivity contribution < 1.29 is 0 Å². The Morgan fingerprint density at radius 3 is 1.95 bits per heavy atom. The summed E-state index contributed by atoms with van der Waals surface area (Å²) < 4.78 is 2.32. The average Bonchev–Trinajstić information content (AvgIpc) is 2.88. The van der Waals surface area contributed by atoms with E-state index in [2.05, 4.69) is 83.6 Å². The van der Waals surface area contributed by atoms with E-state index in [1.54, 1.807) is 0 Å². The van der Waals surface area contributed by atoms with Gasteiger partial charge in [0.1, 0.15) is 0 Å². The number of hydrogen-bond acceptors (Lipinski definition) is 0. The fourth-order valence-electron chi connectivity index (χ4n) is 2.35. The van der Waals surface area contributed by atoms with Crippen LogP contribution in [0.25, 0.3) is 0 Å². The quantitative estimate of drug-likeness (QED) is 0.653. The molecule has 0 fully saturated rings. The van der Waals surface area contributed by atoms with Crippen LogP contribution in [0.15, 0.2) is 79.0 Å². The monoisotopic (exact) mass is 247 g/mol. The van der Waals surface area contributed by atoms with Gasteiger partial charge in [-0.1, -0.05) is 60.7 Å². The number of nitrogens with zero attached hydrogens (tertiary/aromatic N) is 1. The summed E-state index contributed by atoms with van der Waals surface area (Å²) in [5.74, 6) is 0. The minimum Gasteiger partial charge on any atom is -0.347 e. The van der Waals surface area contributed by atoms with Crippen LogP contribution in [-0.2, 0) is 13.0 Å². The zero-order valence-electron chi connectivity index (χ0n) is 10.9. The van der Waals surface area contributed by atoms with E-state index in [9.17, 15) is 0 Å². The van der Waals surface area contributed by atoms with Crippen LogP contribution < -0.4 is 0 Å². The van der Waals surface area contributed by atoms with Crippen LogP contribution in [-0.4, -0.2) is 4.57 Å². The molecule has 0 amide bonds. The molecule has 3 rings (SSSR count). The Hall–Kier alpha value is -2.28. The Balaban J connectivity index is 1.79. The van der Waals surface area contributed by atoms with Gasteiger partial charge in [-0.15, -0.1) is 0 Å². The van der Waals surface area contributed by atoms with E-state index >= 15 is 0 Å². The molecule has 0 saturated heterocycles. The summed E-state index contributed by atoms with van der Waals surface area (Å²) in [6.45, 7) is 0.940. The minimum absolute atomic E-state index is 0.940. The van der Waals surface area contributed by atoms with E-state index < -0.39 is 0 Å². The predicted molar refractivity (Wildman–Crippen MR) is 79.2 cm³/mol. The molecule has 0 saturated carbocycles. The first-order valence-corrected chi connectivity index (χ1v) is 6.64. The van der Waals surface area contributed by atoms with Gasteiger partial charge in [0.05, 0.1) is 0 Å². The summed E-state index contributed by atoms with van der Waals surface area (Å²) in [6, 6.07) is 25.5. The van der Waals surface area contributed by atoms with Gasteiger partial charge < -0.3 is 4.57 Å². The molecule has 0 atom stereocenters. The van der Waals surface area contributed by atoms with Gasteiger partial charge in [0.15, 0.2) is 0 Å². The maximum Gasteiger partial charge on any atom is 0.0472 e. The Morgan fingerprint density at radius 1 is 0.632 bits per heavy atom. The highest BCUT2D eigenvalue weighted by atomic mass is 15.0. The molecule has 1 heterocycles. The lowest BCUT2D eigenvalue weighted by Crippen LogP contribution is -2.03. The second kappa shape index (κ2) is 5.57. The van der Waals surface area contributed by atoms with Gasteiger partial charge >= 0.3 is 0 Å². The highest BCUT2D eigenvalue weighted by Gasteiger charge is 2.02. The molecule has 0 N–H and O–H groups in total. The van der Waals surface area contributed by atoms with Crippen molar-refractivity contribution in [3.05, 3.63) is 95.8 Å². The lowest BCUT2D eigenvalue weighted by Gasteiger charge is -2.09. The molecule has 0 aliphatic heterocycles. The van der Waals surface area contributed by atoms with Crippen LogP contribution in [0.4, 0.5) is 0 Å². The fourth-order valence-corrected chi connectivity index (χ4v) is 2.35. The van der Waals surface area contributed by atoms with Crippen molar-refractivity contribution >= 4 is 0 Å². The van der Waals surface area contributed by atoms with Gasteiger partial charge in [0.25, 0.3) is 0 Å². The predicted octanol–water partition coefficient (Wildman–Crippen LogP) is 4.13. The van der Waals surface area contributed by atoms with Gasteiger partial charge in [-0.3, -0.25) is 0 Å². The molecule has 0 radical (unpaired) electrons. The van der Waals surface area contributed by atoms with Gasteiger partial charge in [-0.25, -0.2) is 0 Å². The first kappa shape index (κ1) is 11.8. The zero-order chi connectivity index (χ0) is 12.9. The summed E-state index contributed by atoms with van der Waals surface area (Å²) in [6.07, 6.45) is 3.14. The van der Waals surface area contributed by atoms with E-state index in [0.29, 0.717) is 0 Å². The topological polar surface area (TPSA) is 4.93 Å². The van der Waals surface area contributed by atoms with Gasteiger partial charge in [0.2, 0.25) is 0 Å². The van der Waals surface area contributed by atoms with Gasteiger partial charge in [-0.05, 0) is 23.3 Å². The maximum absolute atomic E-state index is 2.32. The largest absolute Gasteiger partial charge is 0.347 e. The van der Waals surface area contributed by atoms with Crippen molar-refractivity contribution in [2.45, 2.75) is 13.0 Å². The highest BCUT2D eigenvalue weighted by molar-refractivity contribution is 5.24. The van der Waals surface area contributed by atoms with E-state index in [-0.39, 0.29) is 0 Å². The number of benzene rings is 2. The SMILES string of the molecule is c1ccc(Cc2cccn2Cc2ccccc2)cc1. The molecule has 1 nitrogen and oxygen atoms in total. The van der Waals surface area contributed by atoms with E-state index in [1.807, 2.05) is 0 Å². The zero-order valence-corrected chi connectivity index (χ0v) is 10.9. The van der Waals surface area contributed by atoms with E-state index in [0.717, 1.165) is 13.0 Å². The van der Waals surface area contributed by atoms with Crippen molar-refractivity contribution in [2.24, 2.45) is 0 Å². The molecule has 0 aliphatic rings. The third kappa shape index (κ3) is 2.94. The van der Waals surface area contributed by atoms with Crippen molar-refractivity contribution in [3.63, 3.8) is 0 Å².